The lowest BCUT2D eigenvalue weighted by atomic mass is 10.1. The first-order valence-electron chi connectivity index (χ1n) is 9.12. The zero-order chi connectivity index (χ0) is 19.5. The Morgan fingerprint density at radius 1 is 1.07 bits per heavy atom. The normalized spacial score (nSPS) is 14.9. The smallest absolute Gasteiger partial charge is 0.271 e. The highest BCUT2D eigenvalue weighted by Gasteiger charge is 2.26. The van der Waals surface area contributed by atoms with Crippen LogP contribution in [-0.2, 0) is 0 Å². The molecule has 7 heteroatoms. The number of H-pyrrole nitrogens is 1. The van der Waals surface area contributed by atoms with Crippen molar-refractivity contribution in [1.29, 1.82) is 0 Å². The first-order valence-corrected chi connectivity index (χ1v) is 9.87. The summed E-state index contributed by atoms with van der Waals surface area (Å²) in [5, 5.41) is 8.38. The first-order chi connectivity index (χ1) is 13.6. The minimum atomic E-state index is -0.0595. The van der Waals surface area contributed by atoms with E-state index in [0.29, 0.717) is 34.5 Å². The van der Waals surface area contributed by atoms with Crippen molar-refractivity contribution in [2.24, 2.45) is 0 Å². The average Bonchev–Trinajstić information content (AvgIpc) is 3.20. The van der Waals surface area contributed by atoms with Gasteiger partial charge in [-0.15, -0.1) is 0 Å². The molecule has 0 radical (unpaired) electrons. The topological polar surface area (TPSA) is 58.2 Å². The van der Waals surface area contributed by atoms with Gasteiger partial charge in [-0.25, -0.2) is 0 Å². The Morgan fingerprint density at radius 3 is 2.50 bits per heavy atom. The Balaban J connectivity index is 1.36. The molecule has 1 aliphatic heterocycles. The monoisotopic (exact) mass is 415 g/mol. The number of likely N-dealkylation sites (tertiary alicyclic amines) is 1. The fourth-order valence-electron chi connectivity index (χ4n) is 3.29. The molecule has 28 heavy (non-hydrogen) atoms. The summed E-state index contributed by atoms with van der Waals surface area (Å²) >= 11 is 12.1. The number of benzene rings is 2. The summed E-state index contributed by atoms with van der Waals surface area (Å²) in [5.41, 5.74) is 1.93. The van der Waals surface area contributed by atoms with E-state index in [0.717, 1.165) is 24.2 Å². The lowest BCUT2D eigenvalue weighted by molar-refractivity contribution is 0.0590. The largest absolute Gasteiger partial charge is 0.490 e. The van der Waals surface area contributed by atoms with Gasteiger partial charge < -0.3 is 9.64 Å². The molecule has 0 aliphatic carbocycles. The van der Waals surface area contributed by atoms with Gasteiger partial charge in [-0.05, 0) is 36.4 Å². The molecule has 0 atom stereocenters. The predicted octanol–water partition coefficient (Wildman–Crippen LogP) is 5.07. The number of nitrogens with zero attached hydrogens (tertiary/aromatic N) is 2. The number of piperidine rings is 1. The number of ether oxygens (including phenoxy) is 1. The Morgan fingerprint density at radius 2 is 1.79 bits per heavy atom. The Labute approximate surface area is 173 Å². The van der Waals surface area contributed by atoms with Crippen LogP contribution >= 0.6 is 23.2 Å². The Hall–Kier alpha value is -2.50. The maximum absolute atomic E-state index is 12.8. The van der Waals surface area contributed by atoms with E-state index in [2.05, 4.69) is 10.2 Å². The molecule has 0 saturated carbocycles. The highest BCUT2D eigenvalue weighted by molar-refractivity contribution is 6.33. The Kier molecular flexibility index (Phi) is 5.55. The number of halogens is 2. The number of amides is 1. The number of carbonyl (C=O) groups excluding carboxylic acids is 1. The zero-order valence-corrected chi connectivity index (χ0v) is 16.6. The Bertz CT molecular complexity index is 964. The van der Waals surface area contributed by atoms with E-state index in [4.69, 9.17) is 27.9 Å². The molecule has 144 valence electrons. The van der Waals surface area contributed by atoms with Crippen molar-refractivity contribution in [3.63, 3.8) is 0 Å². The van der Waals surface area contributed by atoms with Gasteiger partial charge in [-0.1, -0.05) is 41.4 Å². The molecule has 1 aromatic heterocycles. The van der Waals surface area contributed by atoms with Crippen LogP contribution in [0, 0.1) is 0 Å². The number of aromatic nitrogens is 2. The van der Waals surface area contributed by atoms with E-state index in [1.807, 2.05) is 47.4 Å². The van der Waals surface area contributed by atoms with E-state index >= 15 is 0 Å². The summed E-state index contributed by atoms with van der Waals surface area (Å²) in [6, 6.07) is 16.5. The molecule has 0 spiro atoms. The molecule has 3 aromatic rings. The predicted molar refractivity (Wildman–Crippen MR) is 110 cm³/mol. The standard InChI is InChI=1S/C21H19Cl2N3O2/c22-14-5-7-15(8-6-14)28-16-9-11-26(12-10-16)21(27)20-13-19(24-25-20)17-3-1-2-4-18(17)23/h1-8,13,16H,9-12H2,(H,24,25). The number of hydrogen-bond donors (Lipinski definition) is 1. The van der Waals surface area contributed by atoms with Crippen LogP contribution in [0.25, 0.3) is 11.3 Å². The maximum atomic E-state index is 12.8. The number of aromatic amines is 1. The molecule has 1 saturated heterocycles. The molecule has 2 aromatic carbocycles. The summed E-state index contributed by atoms with van der Waals surface area (Å²) in [5.74, 6) is 0.739. The van der Waals surface area contributed by atoms with Crippen molar-refractivity contribution in [3.8, 4) is 17.0 Å². The quantitative estimate of drug-likeness (QED) is 0.646. The molecule has 1 amide bonds. The summed E-state index contributed by atoms with van der Waals surface area (Å²) in [6.45, 7) is 1.27. The fraction of sp³-hybridized carbons (Fsp3) is 0.238. The average molecular weight is 416 g/mol. The SMILES string of the molecule is O=C(c1cc(-c2ccccc2Cl)n[nH]1)N1CCC(Oc2ccc(Cl)cc2)CC1. The van der Waals surface area contributed by atoms with Crippen LogP contribution in [0.15, 0.2) is 54.6 Å². The molecule has 4 rings (SSSR count). The molecule has 2 heterocycles. The van der Waals surface area contributed by atoms with Crippen molar-refractivity contribution < 1.29 is 9.53 Å². The molecular formula is C21H19Cl2N3O2. The van der Waals surface area contributed by atoms with Crippen LogP contribution in [0.4, 0.5) is 0 Å². The van der Waals surface area contributed by atoms with Crippen LogP contribution in [0.3, 0.4) is 0 Å². The van der Waals surface area contributed by atoms with E-state index in [1.54, 1.807) is 12.1 Å². The van der Waals surface area contributed by atoms with Crippen molar-refractivity contribution >= 4 is 29.1 Å². The molecule has 1 fully saturated rings. The summed E-state index contributed by atoms with van der Waals surface area (Å²) in [7, 11) is 0. The van der Waals surface area contributed by atoms with Gasteiger partial charge in [0.25, 0.3) is 5.91 Å². The second kappa shape index (κ2) is 8.25. The highest BCUT2D eigenvalue weighted by atomic mass is 35.5. The van der Waals surface area contributed by atoms with E-state index in [-0.39, 0.29) is 12.0 Å². The van der Waals surface area contributed by atoms with Crippen LogP contribution in [-0.4, -0.2) is 40.2 Å². The third-order valence-corrected chi connectivity index (χ3v) is 5.39. The van der Waals surface area contributed by atoms with Gasteiger partial charge in [0.2, 0.25) is 0 Å². The molecule has 5 nitrogen and oxygen atoms in total. The van der Waals surface area contributed by atoms with Gasteiger partial charge in [0.15, 0.2) is 0 Å². The van der Waals surface area contributed by atoms with Gasteiger partial charge in [0, 0.05) is 36.5 Å². The summed E-state index contributed by atoms with van der Waals surface area (Å²) in [4.78, 5) is 14.6. The number of hydrogen-bond acceptors (Lipinski definition) is 3. The van der Waals surface area contributed by atoms with Gasteiger partial charge in [-0.2, -0.15) is 5.10 Å². The minimum Gasteiger partial charge on any atom is -0.490 e. The summed E-state index contributed by atoms with van der Waals surface area (Å²) < 4.78 is 5.99. The van der Waals surface area contributed by atoms with Crippen molar-refractivity contribution in [2.75, 3.05) is 13.1 Å². The molecular weight excluding hydrogens is 397 g/mol. The minimum absolute atomic E-state index is 0.0595. The number of carbonyl (C=O) groups is 1. The summed E-state index contributed by atoms with van der Waals surface area (Å²) in [6.07, 6.45) is 1.64. The fourth-order valence-corrected chi connectivity index (χ4v) is 3.65. The van der Waals surface area contributed by atoms with Gasteiger partial charge in [0.1, 0.15) is 17.5 Å². The zero-order valence-electron chi connectivity index (χ0n) is 15.1. The third kappa shape index (κ3) is 4.16. The van der Waals surface area contributed by atoms with Crippen LogP contribution in [0.1, 0.15) is 23.3 Å². The van der Waals surface area contributed by atoms with E-state index in [9.17, 15) is 4.79 Å². The van der Waals surface area contributed by atoms with Crippen molar-refractivity contribution in [2.45, 2.75) is 18.9 Å². The maximum Gasteiger partial charge on any atom is 0.271 e. The second-order valence-electron chi connectivity index (χ2n) is 6.71. The third-order valence-electron chi connectivity index (χ3n) is 4.80. The van der Waals surface area contributed by atoms with Gasteiger partial charge in [-0.3, -0.25) is 9.89 Å². The number of rotatable bonds is 4. The van der Waals surface area contributed by atoms with Crippen molar-refractivity contribution in [1.82, 2.24) is 15.1 Å². The molecule has 1 N–H and O–H groups in total. The van der Waals surface area contributed by atoms with Crippen LogP contribution in [0.5, 0.6) is 5.75 Å². The van der Waals surface area contributed by atoms with Gasteiger partial charge in [0.05, 0.1) is 10.7 Å². The molecule has 0 bridgehead atoms. The van der Waals surface area contributed by atoms with Crippen LogP contribution < -0.4 is 4.74 Å². The number of nitrogens with one attached hydrogen (secondary N) is 1. The molecule has 0 unspecified atom stereocenters. The van der Waals surface area contributed by atoms with E-state index in [1.165, 1.54) is 0 Å². The van der Waals surface area contributed by atoms with Crippen molar-refractivity contribution in [3.05, 3.63) is 70.3 Å². The van der Waals surface area contributed by atoms with E-state index < -0.39 is 0 Å². The highest BCUT2D eigenvalue weighted by Crippen LogP contribution is 2.27. The second-order valence-corrected chi connectivity index (χ2v) is 7.55. The lowest BCUT2D eigenvalue weighted by Crippen LogP contribution is -2.41. The lowest BCUT2D eigenvalue weighted by Gasteiger charge is -2.31. The van der Waals surface area contributed by atoms with Crippen LogP contribution in [0.2, 0.25) is 10.0 Å². The first kappa shape index (κ1) is 18.8. The van der Waals surface area contributed by atoms with Gasteiger partial charge >= 0.3 is 0 Å². The molecule has 1 aliphatic rings.